The topological polar surface area (TPSA) is 37.3 Å². The fraction of sp³-hybridized carbons (Fsp3) is 0.821. The zero-order valence-electron chi connectivity index (χ0n) is 20.2. The number of fused-ring (bicyclic) bond motifs is 4. The van der Waals surface area contributed by atoms with Gasteiger partial charge in [-0.15, -0.1) is 0 Å². The first-order chi connectivity index (χ1) is 14.1. The Balaban J connectivity index is 1.62. The van der Waals surface area contributed by atoms with Crippen LogP contribution in [0.1, 0.15) is 92.9 Å². The van der Waals surface area contributed by atoms with Gasteiger partial charge in [-0.2, -0.15) is 0 Å². The van der Waals surface area contributed by atoms with Gasteiger partial charge >= 0.3 is 0 Å². The van der Waals surface area contributed by atoms with Crippen LogP contribution in [0.2, 0.25) is 0 Å². The van der Waals surface area contributed by atoms with Crippen molar-refractivity contribution in [2.24, 2.45) is 46.3 Å². The van der Waals surface area contributed by atoms with E-state index in [2.05, 4.69) is 53.7 Å². The molecule has 0 spiro atoms. The van der Waals surface area contributed by atoms with E-state index in [0.717, 1.165) is 25.7 Å². The number of ketones is 1. The van der Waals surface area contributed by atoms with Crippen LogP contribution in [0, 0.1) is 46.3 Å². The van der Waals surface area contributed by atoms with Crippen molar-refractivity contribution in [1.29, 1.82) is 0 Å². The average Bonchev–Trinajstić information content (AvgIpc) is 3.04. The van der Waals surface area contributed by atoms with E-state index in [9.17, 15) is 9.90 Å². The SMILES string of the molecule is CC(C)[C@@H](C)C=C[C@@H](C)[C@H]1CC[C@H]2C3=C(CC[C@]12C)[C@@]1(C)CCC(O)CC1CC3=O. The molecule has 30 heavy (non-hydrogen) atoms. The Kier molecular flexibility index (Phi) is 5.88. The summed E-state index contributed by atoms with van der Waals surface area (Å²) >= 11 is 0. The first-order valence-corrected chi connectivity index (χ1v) is 12.7. The van der Waals surface area contributed by atoms with E-state index in [1.54, 1.807) is 0 Å². The lowest BCUT2D eigenvalue weighted by atomic mass is 9.50. The van der Waals surface area contributed by atoms with Crippen LogP contribution in [0.4, 0.5) is 0 Å². The number of aliphatic hydroxyl groups is 1. The van der Waals surface area contributed by atoms with E-state index in [1.807, 2.05) is 0 Å². The molecule has 0 aromatic rings. The predicted molar refractivity (Wildman–Crippen MR) is 124 cm³/mol. The maximum absolute atomic E-state index is 13.4. The number of hydrogen-bond acceptors (Lipinski definition) is 2. The highest BCUT2D eigenvalue weighted by Gasteiger charge is 2.57. The molecule has 168 valence electrons. The molecule has 4 rings (SSSR count). The highest BCUT2D eigenvalue weighted by molar-refractivity contribution is 5.98. The molecule has 2 nitrogen and oxygen atoms in total. The number of rotatable bonds is 4. The van der Waals surface area contributed by atoms with Crippen LogP contribution in [0.15, 0.2) is 23.3 Å². The zero-order valence-corrected chi connectivity index (χ0v) is 20.2. The summed E-state index contributed by atoms with van der Waals surface area (Å²) in [5.74, 6) is 3.81. The predicted octanol–water partition coefficient (Wildman–Crippen LogP) is 6.73. The van der Waals surface area contributed by atoms with Crippen molar-refractivity contribution in [2.75, 3.05) is 0 Å². The monoisotopic (exact) mass is 412 g/mol. The Hall–Kier alpha value is -0.890. The molecular formula is C28H44O2. The molecular weight excluding hydrogens is 368 g/mol. The quantitative estimate of drug-likeness (QED) is 0.520. The van der Waals surface area contributed by atoms with Crippen LogP contribution in [0.5, 0.6) is 0 Å². The zero-order chi connectivity index (χ0) is 21.8. The lowest BCUT2D eigenvalue weighted by molar-refractivity contribution is -0.121. The van der Waals surface area contributed by atoms with E-state index in [4.69, 9.17) is 0 Å². The first kappa shape index (κ1) is 22.3. The number of Topliss-reactive ketones (excluding diaryl/α,β-unsaturated/α-hetero) is 1. The van der Waals surface area contributed by atoms with E-state index < -0.39 is 0 Å². The van der Waals surface area contributed by atoms with E-state index >= 15 is 0 Å². The molecule has 2 fully saturated rings. The number of aliphatic hydroxyl groups excluding tert-OH is 1. The smallest absolute Gasteiger partial charge is 0.159 e. The summed E-state index contributed by atoms with van der Waals surface area (Å²) in [6, 6.07) is 0. The molecule has 0 heterocycles. The number of carbonyl (C=O) groups is 1. The second kappa shape index (κ2) is 7.91. The van der Waals surface area contributed by atoms with E-state index in [0.29, 0.717) is 47.7 Å². The summed E-state index contributed by atoms with van der Waals surface area (Å²) in [6.07, 6.45) is 12.9. The van der Waals surface area contributed by atoms with Crippen LogP contribution >= 0.6 is 0 Å². The maximum Gasteiger partial charge on any atom is 0.159 e. The van der Waals surface area contributed by atoms with Crippen LogP contribution in [-0.4, -0.2) is 17.0 Å². The van der Waals surface area contributed by atoms with E-state index in [-0.39, 0.29) is 16.9 Å². The van der Waals surface area contributed by atoms with Crippen LogP contribution < -0.4 is 0 Å². The van der Waals surface area contributed by atoms with Crippen molar-refractivity contribution >= 4 is 5.78 Å². The van der Waals surface area contributed by atoms with Gasteiger partial charge in [0, 0.05) is 6.42 Å². The minimum Gasteiger partial charge on any atom is -0.393 e. The Morgan fingerprint density at radius 1 is 1.03 bits per heavy atom. The highest BCUT2D eigenvalue weighted by Crippen LogP contribution is 2.65. The standard InChI is InChI=1S/C28H44O2/c1-17(2)18(3)7-8-19(4)22-9-10-23-26-24(12-14-28(22,23)6)27(5)13-11-21(29)15-20(27)16-25(26)30/h7-8,17-23,29H,9-16H2,1-6H3/t18-,19+,20?,21?,22+,23-,27-,28+/m0/s1. The molecule has 2 unspecified atom stereocenters. The summed E-state index contributed by atoms with van der Waals surface area (Å²) in [4.78, 5) is 13.4. The molecule has 4 aliphatic carbocycles. The Morgan fingerprint density at radius 2 is 1.77 bits per heavy atom. The van der Waals surface area contributed by atoms with Gasteiger partial charge < -0.3 is 5.11 Å². The van der Waals surface area contributed by atoms with Gasteiger partial charge in [0.25, 0.3) is 0 Å². The largest absolute Gasteiger partial charge is 0.393 e. The number of hydrogen-bond donors (Lipinski definition) is 1. The van der Waals surface area contributed by atoms with E-state index in [1.165, 1.54) is 30.4 Å². The minimum atomic E-state index is -0.205. The molecule has 0 radical (unpaired) electrons. The van der Waals surface area contributed by atoms with Gasteiger partial charge in [-0.3, -0.25) is 4.79 Å². The van der Waals surface area contributed by atoms with Crippen molar-refractivity contribution in [3.05, 3.63) is 23.3 Å². The van der Waals surface area contributed by atoms with Crippen molar-refractivity contribution in [3.8, 4) is 0 Å². The second-order valence-electron chi connectivity index (χ2n) is 12.2. The molecule has 2 heteroatoms. The van der Waals surface area contributed by atoms with Crippen LogP contribution in [0.3, 0.4) is 0 Å². The van der Waals surface area contributed by atoms with Crippen molar-refractivity contribution in [3.63, 3.8) is 0 Å². The first-order valence-electron chi connectivity index (χ1n) is 12.7. The molecule has 0 aromatic heterocycles. The summed E-state index contributed by atoms with van der Waals surface area (Å²) in [5, 5.41) is 10.2. The molecule has 0 bridgehead atoms. The van der Waals surface area contributed by atoms with Gasteiger partial charge in [-0.25, -0.2) is 0 Å². The van der Waals surface area contributed by atoms with Crippen molar-refractivity contribution < 1.29 is 9.90 Å². The van der Waals surface area contributed by atoms with Gasteiger partial charge in [-0.05, 0) is 96.9 Å². The van der Waals surface area contributed by atoms with Crippen LogP contribution in [-0.2, 0) is 4.79 Å². The third-order valence-corrected chi connectivity index (χ3v) is 10.3. The molecule has 4 aliphatic rings. The summed E-state index contributed by atoms with van der Waals surface area (Å²) in [7, 11) is 0. The Morgan fingerprint density at radius 3 is 2.47 bits per heavy atom. The molecule has 2 saturated carbocycles. The summed E-state index contributed by atoms with van der Waals surface area (Å²) < 4.78 is 0. The van der Waals surface area contributed by atoms with Crippen molar-refractivity contribution in [1.82, 2.24) is 0 Å². The Bertz CT molecular complexity index is 746. The molecule has 0 aliphatic heterocycles. The lowest BCUT2D eigenvalue weighted by Crippen LogP contribution is -2.48. The fourth-order valence-electron chi connectivity index (χ4n) is 7.78. The molecule has 0 saturated heterocycles. The van der Waals surface area contributed by atoms with Crippen molar-refractivity contribution in [2.45, 2.75) is 99.0 Å². The van der Waals surface area contributed by atoms with Crippen LogP contribution in [0.25, 0.3) is 0 Å². The van der Waals surface area contributed by atoms with Gasteiger partial charge in [0.15, 0.2) is 5.78 Å². The molecule has 0 amide bonds. The van der Waals surface area contributed by atoms with Gasteiger partial charge in [0.2, 0.25) is 0 Å². The number of allylic oxidation sites excluding steroid dienone is 4. The maximum atomic E-state index is 13.4. The minimum absolute atomic E-state index is 0.153. The van der Waals surface area contributed by atoms with Gasteiger partial charge in [0.1, 0.15) is 0 Å². The second-order valence-corrected chi connectivity index (χ2v) is 12.2. The van der Waals surface area contributed by atoms with Gasteiger partial charge in [0.05, 0.1) is 6.10 Å². The summed E-state index contributed by atoms with van der Waals surface area (Å²) in [6.45, 7) is 14.3. The molecule has 1 N–H and O–H groups in total. The highest BCUT2D eigenvalue weighted by atomic mass is 16.3. The fourth-order valence-corrected chi connectivity index (χ4v) is 7.78. The average molecular weight is 413 g/mol. The number of carbonyl (C=O) groups excluding carboxylic acids is 1. The van der Waals surface area contributed by atoms with Gasteiger partial charge in [-0.1, -0.05) is 59.3 Å². The Labute approximate surface area is 184 Å². The molecule has 0 aromatic carbocycles. The summed E-state index contributed by atoms with van der Waals surface area (Å²) in [5.41, 5.74) is 3.18. The lowest BCUT2D eigenvalue weighted by Gasteiger charge is -2.54. The molecule has 8 atom stereocenters. The normalized spacial score (nSPS) is 43.5. The third-order valence-electron chi connectivity index (χ3n) is 10.3. The third kappa shape index (κ3) is 3.46.